The Morgan fingerprint density at radius 1 is 1.38 bits per heavy atom. The maximum absolute atomic E-state index is 11.9. The summed E-state index contributed by atoms with van der Waals surface area (Å²) in [5.74, 6) is 0.853. The van der Waals surface area contributed by atoms with Gasteiger partial charge in [0.05, 0.1) is 0 Å². The van der Waals surface area contributed by atoms with E-state index in [1.165, 1.54) is 6.20 Å². The topological polar surface area (TPSA) is 116 Å². The van der Waals surface area contributed by atoms with E-state index < -0.39 is 11.2 Å². The molecule has 1 aliphatic rings. The minimum Gasteiger partial charge on any atom is -0.490 e. The van der Waals surface area contributed by atoms with Gasteiger partial charge in [-0.15, -0.1) is 0 Å². The van der Waals surface area contributed by atoms with Gasteiger partial charge in [-0.25, -0.2) is 9.59 Å². The summed E-state index contributed by atoms with van der Waals surface area (Å²) in [5.41, 5.74) is 1.16. The number of ether oxygens (including phenoxy) is 1. The summed E-state index contributed by atoms with van der Waals surface area (Å²) >= 11 is 0. The fourth-order valence-electron chi connectivity index (χ4n) is 2.61. The Morgan fingerprint density at radius 2 is 2.21 bits per heavy atom. The average molecular weight is 330 g/mol. The van der Waals surface area contributed by atoms with Crippen molar-refractivity contribution in [2.24, 2.45) is 0 Å². The van der Waals surface area contributed by atoms with Crippen molar-refractivity contribution < 1.29 is 9.53 Å². The van der Waals surface area contributed by atoms with Crippen molar-refractivity contribution in [2.45, 2.75) is 25.9 Å². The van der Waals surface area contributed by atoms with Gasteiger partial charge in [-0.1, -0.05) is 0 Å². The van der Waals surface area contributed by atoms with Gasteiger partial charge in [0, 0.05) is 30.4 Å². The highest BCUT2D eigenvalue weighted by atomic mass is 16.5. The summed E-state index contributed by atoms with van der Waals surface area (Å²) < 4.78 is 5.61. The smallest absolute Gasteiger partial charge is 0.325 e. The van der Waals surface area contributed by atoms with E-state index in [0.717, 1.165) is 17.7 Å². The van der Waals surface area contributed by atoms with Crippen LogP contribution < -0.4 is 26.6 Å². The first-order chi connectivity index (χ1) is 11.5. The Hall–Kier alpha value is -3.03. The van der Waals surface area contributed by atoms with Gasteiger partial charge in [-0.05, 0) is 37.1 Å². The highest BCUT2D eigenvalue weighted by Crippen LogP contribution is 2.30. The van der Waals surface area contributed by atoms with Crippen LogP contribution >= 0.6 is 0 Å². The molecule has 24 heavy (non-hydrogen) atoms. The van der Waals surface area contributed by atoms with E-state index in [0.29, 0.717) is 17.7 Å². The number of anilines is 1. The van der Waals surface area contributed by atoms with Gasteiger partial charge in [-0.2, -0.15) is 0 Å². The van der Waals surface area contributed by atoms with Crippen LogP contribution in [0, 0.1) is 0 Å². The molecule has 0 saturated carbocycles. The summed E-state index contributed by atoms with van der Waals surface area (Å²) in [7, 11) is 0. The maximum atomic E-state index is 11.9. The SMILES string of the molecule is CC1Cc2cc(NC(=O)NCCc3c[nH]c(=O)[nH]c3=O)ccc2O1. The molecule has 0 saturated heterocycles. The zero-order valence-corrected chi connectivity index (χ0v) is 13.1. The van der Waals surface area contributed by atoms with E-state index in [9.17, 15) is 14.4 Å². The van der Waals surface area contributed by atoms with E-state index in [1.54, 1.807) is 6.07 Å². The number of hydrogen-bond acceptors (Lipinski definition) is 4. The lowest BCUT2D eigenvalue weighted by molar-refractivity contribution is 0.252. The molecule has 0 radical (unpaired) electrons. The van der Waals surface area contributed by atoms with E-state index in [4.69, 9.17) is 4.74 Å². The van der Waals surface area contributed by atoms with Crippen molar-refractivity contribution >= 4 is 11.7 Å². The second-order valence-corrected chi connectivity index (χ2v) is 5.68. The number of fused-ring (bicyclic) bond motifs is 1. The Morgan fingerprint density at radius 3 is 3.00 bits per heavy atom. The van der Waals surface area contributed by atoms with E-state index in [2.05, 4.69) is 20.6 Å². The number of carbonyl (C=O) groups is 1. The first-order valence-corrected chi connectivity index (χ1v) is 7.66. The number of aromatic nitrogens is 2. The van der Waals surface area contributed by atoms with Gasteiger partial charge in [0.25, 0.3) is 5.56 Å². The molecule has 1 atom stereocenters. The molecule has 0 spiro atoms. The second-order valence-electron chi connectivity index (χ2n) is 5.68. The molecular formula is C16H18N4O4. The summed E-state index contributed by atoms with van der Waals surface area (Å²) in [5, 5.41) is 5.42. The molecule has 1 aromatic carbocycles. The van der Waals surface area contributed by atoms with E-state index in [-0.39, 0.29) is 18.7 Å². The molecule has 1 aromatic heterocycles. The molecule has 8 nitrogen and oxygen atoms in total. The van der Waals surface area contributed by atoms with Crippen LogP contribution in [0.15, 0.2) is 34.0 Å². The third kappa shape index (κ3) is 3.65. The second kappa shape index (κ2) is 6.61. The first kappa shape index (κ1) is 15.9. The first-order valence-electron chi connectivity index (χ1n) is 7.66. The predicted octanol–water partition coefficient (Wildman–Crippen LogP) is 0.751. The summed E-state index contributed by atoms with van der Waals surface area (Å²) in [4.78, 5) is 38.9. The number of aromatic amines is 2. The molecular weight excluding hydrogens is 312 g/mol. The highest BCUT2D eigenvalue weighted by molar-refractivity contribution is 5.89. The van der Waals surface area contributed by atoms with Gasteiger partial charge in [0.1, 0.15) is 11.9 Å². The lowest BCUT2D eigenvalue weighted by Gasteiger charge is -2.08. The van der Waals surface area contributed by atoms with Crippen molar-refractivity contribution in [3.8, 4) is 5.75 Å². The number of carbonyl (C=O) groups excluding carboxylic acids is 1. The van der Waals surface area contributed by atoms with Gasteiger partial charge in [0.15, 0.2) is 0 Å². The number of H-pyrrole nitrogens is 2. The maximum Gasteiger partial charge on any atom is 0.325 e. The summed E-state index contributed by atoms with van der Waals surface area (Å²) in [6.45, 7) is 2.27. The zero-order valence-electron chi connectivity index (χ0n) is 13.1. The predicted molar refractivity (Wildman–Crippen MR) is 88.6 cm³/mol. The van der Waals surface area contributed by atoms with Crippen molar-refractivity contribution in [3.63, 3.8) is 0 Å². The van der Waals surface area contributed by atoms with Crippen LogP contribution in [0.3, 0.4) is 0 Å². The minimum atomic E-state index is -0.552. The molecule has 126 valence electrons. The van der Waals surface area contributed by atoms with Crippen molar-refractivity contribution in [1.82, 2.24) is 15.3 Å². The standard InChI is InChI=1S/C16H18N4O4/c1-9-6-11-7-12(2-3-13(11)24-9)19-15(22)17-5-4-10-8-18-16(23)20-14(10)21/h2-3,7-9H,4-6H2,1H3,(H2,17,19,22)(H2,18,20,21,23). The highest BCUT2D eigenvalue weighted by Gasteiger charge is 2.19. The van der Waals surface area contributed by atoms with Crippen LogP contribution in [0.2, 0.25) is 0 Å². The van der Waals surface area contributed by atoms with Crippen molar-refractivity contribution in [2.75, 3.05) is 11.9 Å². The molecule has 1 aliphatic heterocycles. The molecule has 0 fully saturated rings. The van der Waals surface area contributed by atoms with Crippen LogP contribution in [0.1, 0.15) is 18.1 Å². The quantitative estimate of drug-likeness (QED) is 0.662. The van der Waals surface area contributed by atoms with Crippen molar-refractivity contribution in [3.05, 3.63) is 56.4 Å². The zero-order chi connectivity index (χ0) is 17.1. The molecule has 0 bridgehead atoms. The number of rotatable bonds is 4. The Kier molecular flexibility index (Phi) is 4.37. The fourth-order valence-corrected chi connectivity index (χ4v) is 2.61. The Labute approximate surface area is 137 Å². The molecule has 3 rings (SSSR count). The number of hydrogen-bond donors (Lipinski definition) is 4. The van der Waals surface area contributed by atoms with Crippen LogP contribution in [0.5, 0.6) is 5.75 Å². The van der Waals surface area contributed by atoms with Crippen LogP contribution in [0.25, 0.3) is 0 Å². The molecule has 0 aliphatic carbocycles. The fraction of sp³-hybridized carbons (Fsp3) is 0.312. The molecule has 2 heterocycles. The third-order valence-corrected chi connectivity index (χ3v) is 3.73. The van der Waals surface area contributed by atoms with Crippen LogP contribution in [-0.4, -0.2) is 28.6 Å². The lowest BCUT2D eigenvalue weighted by atomic mass is 10.1. The molecule has 4 N–H and O–H groups in total. The molecule has 2 amide bonds. The Balaban J connectivity index is 1.52. The third-order valence-electron chi connectivity index (χ3n) is 3.73. The average Bonchev–Trinajstić information content (AvgIpc) is 2.89. The van der Waals surface area contributed by atoms with Crippen molar-refractivity contribution in [1.29, 1.82) is 0 Å². The molecule has 2 aromatic rings. The molecule has 1 unspecified atom stereocenters. The van der Waals surface area contributed by atoms with Crippen LogP contribution in [-0.2, 0) is 12.8 Å². The number of benzene rings is 1. The van der Waals surface area contributed by atoms with Gasteiger partial charge >= 0.3 is 11.7 Å². The van der Waals surface area contributed by atoms with E-state index >= 15 is 0 Å². The van der Waals surface area contributed by atoms with E-state index in [1.807, 2.05) is 19.1 Å². The number of amides is 2. The van der Waals surface area contributed by atoms with Gasteiger partial charge in [-0.3, -0.25) is 9.78 Å². The van der Waals surface area contributed by atoms with Gasteiger partial charge < -0.3 is 20.4 Å². The monoisotopic (exact) mass is 330 g/mol. The normalized spacial score (nSPS) is 15.5. The minimum absolute atomic E-state index is 0.152. The van der Waals surface area contributed by atoms with Gasteiger partial charge in [0.2, 0.25) is 0 Å². The van der Waals surface area contributed by atoms with Crippen LogP contribution in [0.4, 0.5) is 10.5 Å². The molecule has 8 heteroatoms. The largest absolute Gasteiger partial charge is 0.490 e. The lowest BCUT2D eigenvalue weighted by Crippen LogP contribution is -2.32. The Bertz CT molecular complexity index is 871. The summed E-state index contributed by atoms with van der Waals surface area (Å²) in [6.07, 6.45) is 2.64. The summed E-state index contributed by atoms with van der Waals surface area (Å²) in [6, 6.07) is 5.16. The number of urea groups is 1. The number of nitrogens with one attached hydrogen (secondary N) is 4.